The van der Waals surface area contributed by atoms with E-state index in [-0.39, 0.29) is 12.5 Å². The Hall–Kier alpha value is -3.32. The summed E-state index contributed by atoms with van der Waals surface area (Å²) >= 11 is 3.45. The first-order valence-corrected chi connectivity index (χ1v) is 11.0. The van der Waals surface area contributed by atoms with E-state index >= 15 is 0 Å². The molecular weight excluding hydrogens is 472 g/mol. The zero-order valence-corrected chi connectivity index (χ0v) is 19.5. The molecule has 0 bridgehead atoms. The smallest absolute Gasteiger partial charge is 0.276 e. The van der Waals surface area contributed by atoms with Crippen molar-refractivity contribution in [3.63, 3.8) is 0 Å². The van der Waals surface area contributed by atoms with Crippen molar-refractivity contribution in [3.05, 3.63) is 94.0 Å². The summed E-state index contributed by atoms with van der Waals surface area (Å²) in [5, 5.41) is 0. The van der Waals surface area contributed by atoms with Crippen molar-refractivity contribution in [1.29, 1.82) is 0 Å². The predicted octanol–water partition coefficient (Wildman–Crippen LogP) is 4.99. The normalized spacial score (nSPS) is 10.5. The number of ether oxygens (including phenoxy) is 2. The van der Waals surface area contributed by atoms with Gasteiger partial charge in [0.05, 0.1) is 5.56 Å². The van der Waals surface area contributed by atoms with E-state index < -0.39 is 11.8 Å². The molecule has 0 radical (unpaired) electrons. The fraction of sp³-hybridized carbons (Fsp3) is 0.200. The minimum atomic E-state index is -0.478. The lowest BCUT2D eigenvalue weighted by Gasteiger charge is -2.15. The highest BCUT2D eigenvalue weighted by atomic mass is 79.9. The molecule has 0 unspecified atom stereocenters. The highest BCUT2D eigenvalue weighted by molar-refractivity contribution is 9.10. The first-order chi connectivity index (χ1) is 15.4. The van der Waals surface area contributed by atoms with Crippen LogP contribution in [0.2, 0.25) is 0 Å². The Kier molecular flexibility index (Phi) is 8.27. The van der Waals surface area contributed by atoms with E-state index in [9.17, 15) is 9.59 Å². The highest BCUT2D eigenvalue weighted by Crippen LogP contribution is 2.29. The van der Waals surface area contributed by atoms with E-state index in [1.165, 1.54) is 0 Å². The van der Waals surface area contributed by atoms with Crippen LogP contribution < -0.4 is 20.3 Å². The Morgan fingerprint density at radius 3 is 2.34 bits per heavy atom. The number of halogens is 1. The number of carbonyl (C=O) groups excluding carboxylic acids is 2. The molecule has 166 valence electrons. The van der Waals surface area contributed by atoms with Gasteiger partial charge in [-0.05, 0) is 47.4 Å². The maximum absolute atomic E-state index is 12.6. The lowest BCUT2D eigenvalue weighted by atomic mass is 10.0. The van der Waals surface area contributed by atoms with Gasteiger partial charge < -0.3 is 9.47 Å². The second-order valence-electron chi connectivity index (χ2n) is 7.40. The van der Waals surface area contributed by atoms with Crippen molar-refractivity contribution in [2.75, 3.05) is 6.61 Å². The molecular formula is C25H25BrN2O4. The van der Waals surface area contributed by atoms with Gasteiger partial charge in [-0.3, -0.25) is 20.4 Å². The van der Waals surface area contributed by atoms with Gasteiger partial charge in [0.2, 0.25) is 0 Å². The number of carbonyl (C=O) groups is 2. The van der Waals surface area contributed by atoms with Crippen LogP contribution in [0.1, 0.15) is 41.3 Å². The Morgan fingerprint density at radius 1 is 0.875 bits per heavy atom. The quantitative estimate of drug-likeness (QED) is 0.430. The molecule has 3 rings (SSSR count). The van der Waals surface area contributed by atoms with Gasteiger partial charge in [-0.25, -0.2) is 0 Å². The fourth-order valence-corrected chi connectivity index (χ4v) is 3.37. The fourth-order valence-electron chi connectivity index (χ4n) is 2.99. The monoisotopic (exact) mass is 496 g/mol. The van der Waals surface area contributed by atoms with Gasteiger partial charge in [0.15, 0.2) is 6.61 Å². The van der Waals surface area contributed by atoms with Crippen LogP contribution in [-0.4, -0.2) is 18.4 Å². The van der Waals surface area contributed by atoms with Crippen molar-refractivity contribution < 1.29 is 19.1 Å². The van der Waals surface area contributed by atoms with E-state index in [0.29, 0.717) is 23.7 Å². The summed E-state index contributed by atoms with van der Waals surface area (Å²) in [6.07, 6.45) is 0. The maximum atomic E-state index is 12.6. The maximum Gasteiger partial charge on any atom is 0.276 e. The van der Waals surface area contributed by atoms with Crippen LogP contribution in [0.4, 0.5) is 0 Å². The van der Waals surface area contributed by atoms with Gasteiger partial charge in [-0.2, -0.15) is 0 Å². The summed E-state index contributed by atoms with van der Waals surface area (Å²) in [7, 11) is 0. The number of hydrogen-bond donors (Lipinski definition) is 2. The van der Waals surface area contributed by atoms with E-state index in [0.717, 1.165) is 15.6 Å². The molecule has 0 fully saturated rings. The minimum Gasteiger partial charge on any atom is -0.488 e. The molecule has 2 N–H and O–H groups in total. The SMILES string of the molecule is CC(C)c1cc(Br)ccc1OCC(=O)NNC(=O)c1ccccc1OCc1ccccc1. The largest absolute Gasteiger partial charge is 0.488 e. The summed E-state index contributed by atoms with van der Waals surface area (Å²) in [6.45, 7) is 4.20. The number of para-hydroxylation sites is 1. The number of amides is 2. The second-order valence-corrected chi connectivity index (χ2v) is 8.31. The molecule has 0 aliphatic rings. The molecule has 2 amide bonds. The Balaban J connectivity index is 1.54. The molecule has 0 spiro atoms. The number of hydrazine groups is 1. The third-order valence-electron chi connectivity index (χ3n) is 4.64. The lowest BCUT2D eigenvalue weighted by molar-refractivity contribution is -0.123. The van der Waals surface area contributed by atoms with Gasteiger partial charge in [-0.15, -0.1) is 0 Å². The Morgan fingerprint density at radius 2 is 1.59 bits per heavy atom. The van der Waals surface area contributed by atoms with Crippen molar-refractivity contribution in [2.45, 2.75) is 26.4 Å². The first kappa shape index (κ1) is 23.3. The third-order valence-corrected chi connectivity index (χ3v) is 5.13. The van der Waals surface area contributed by atoms with Crippen LogP contribution in [-0.2, 0) is 11.4 Å². The van der Waals surface area contributed by atoms with Crippen LogP contribution >= 0.6 is 15.9 Å². The Labute approximate surface area is 196 Å². The Bertz CT molecular complexity index is 1070. The molecule has 3 aromatic rings. The summed E-state index contributed by atoms with van der Waals surface area (Å²) in [5.74, 6) is 0.338. The van der Waals surface area contributed by atoms with Gasteiger partial charge in [0.1, 0.15) is 18.1 Å². The van der Waals surface area contributed by atoms with Crippen molar-refractivity contribution in [2.24, 2.45) is 0 Å². The summed E-state index contributed by atoms with van der Waals surface area (Å²) in [5.41, 5.74) is 7.09. The average Bonchev–Trinajstić information content (AvgIpc) is 2.81. The van der Waals surface area contributed by atoms with Gasteiger partial charge in [0.25, 0.3) is 11.8 Å². The molecule has 0 saturated carbocycles. The van der Waals surface area contributed by atoms with Gasteiger partial charge >= 0.3 is 0 Å². The summed E-state index contributed by atoms with van der Waals surface area (Å²) in [6, 6.07) is 22.2. The number of benzene rings is 3. The molecule has 0 saturated heterocycles. The van der Waals surface area contributed by atoms with E-state index in [2.05, 4.69) is 26.8 Å². The molecule has 32 heavy (non-hydrogen) atoms. The molecule has 0 heterocycles. The molecule has 7 heteroatoms. The van der Waals surface area contributed by atoms with Gasteiger partial charge in [0, 0.05) is 4.47 Å². The summed E-state index contributed by atoms with van der Waals surface area (Å²) in [4.78, 5) is 24.8. The second kappa shape index (κ2) is 11.3. The van der Waals surface area contributed by atoms with E-state index in [1.807, 2.05) is 62.4 Å². The van der Waals surface area contributed by atoms with Crippen LogP contribution in [0.5, 0.6) is 11.5 Å². The number of nitrogens with one attached hydrogen (secondary N) is 2. The highest BCUT2D eigenvalue weighted by Gasteiger charge is 2.14. The van der Waals surface area contributed by atoms with E-state index in [1.54, 1.807) is 24.3 Å². The standard InChI is InChI=1S/C25H25BrN2O4/c1-17(2)21-14-19(26)12-13-23(21)32-16-24(29)27-28-25(30)20-10-6-7-11-22(20)31-15-18-8-4-3-5-9-18/h3-14,17H,15-16H2,1-2H3,(H,27,29)(H,28,30). The molecule has 0 aromatic heterocycles. The third kappa shape index (κ3) is 6.59. The average molecular weight is 497 g/mol. The number of rotatable bonds is 8. The van der Waals surface area contributed by atoms with Crippen molar-refractivity contribution in [3.8, 4) is 11.5 Å². The first-order valence-electron chi connectivity index (χ1n) is 10.2. The zero-order valence-electron chi connectivity index (χ0n) is 17.9. The molecule has 6 nitrogen and oxygen atoms in total. The van der Waals surface area contributed by atoms with Crippen molar-refractivity contribution >= 4 is 27.7 Å². The topological polar surface area (TPSA) is 76.7 Å². The summed E-state index contributed by atoms with van der Waals surface area (Å²) < 4.78 is 12.4. The lowest BCUT2D eigenvalue weighted by Crippen LogP contribution is -2.44. The zero-order chi connectivity index (χ0) is 22.9. The van der Waals surface area contributed by atoms with Crippen LogP contribution in [0.15, 0.2) is 77.3 Å². The van der Waals surface area contributed by atoms with Crippen LogP contribution in [0.25, 0.3) is 0 Å². The van der Waals surface area contributed by atoms with Gasteiger partial charge in [-0.1, -0.05) is 72.2 Å². The predicted molar refractivity (Wildman–Crippen MR) is 127 cm³/mol. The molecule has 0 aliphatic heterocycles. The molecule has 0 aliphatic carbocycles. The molecule has 3 aromatic carbocycles. The van der Waals surface area contributed by atoms with E-state index in [4.69, 9.17) is 9.47 Å². The van der Waals surface area contributed by atoms with Crippen LogP contribution in [0, 0.1) is 0 Å². The minimum absolute atomic E-state index is 0.228. The molecule has 0 atom stereocenters. The van der Waals surface area contributed by atoms with Crippen molar-refractivity contribution in [1.82, 2.24) is 10.9 Å². The van der Waals surface area contributed by atoms with Crippen LogP contribution in [0.3, 0.4) is 0 Å². The number of hydrogen-bond acceptors (Lipinski definition) is 4.